The van der Waals surface area contributed by atoms with Gasteiger partial charge in [-0.1, -0.05) is 17.7 Å². The van der Waals surface area contributed by atoms with Crippen LogP contribution in [0.4, 0.5) is 18.9 Å². The van der Waals surface area contributed by atoms with Crippen LogP contribution in [-0.4, -0.2) is 10.9 Å². The Morgan fingerprint density at radius 1 is 1.16 bits per heavy atom. The number of anilines is 1. The fourth-order valence-corrected chi connectivity index (χ4v) is 1.52. The number of carbonyl (C=O) groups is 1. The van der Waals surface area contributed by atoms with Crippen LogP contribution < -0.4 is 5.32 Å². The third-order valence-corrected chi connectivity index (χ3v) is 2.40. The summed E-state index contributed by atoms with van der Waals surface area (Å²) in [5, 5.41) is 2.29. The van der Waals surface area contributed by atoms with Crippen molar-refractivity contribution in [3.05, 3.63) is 58.6 Å². The molecule has 0 unspecified atom stereocenters. The standard InChI is InChI=1S/C12H6ClF3N2O/c13-10-3-1-2-9(18-10)12(19)17-6-4-7(14)11(16)8(15)5-6/h1-5H,(H,17,19). The number of nitrogens with zero attached hydrogens (tertiary/aromatic N) is 1. The number of halogens is 4. The van der Waals surface area contributed by atoms with Gasteiger partial charge in [-0.05, 0) is 12.1 Å². The number of hydrogen-bond acceptors (Lipinski definition) is 2. The van der Waals surface area contributed by atoms with Gasteiger partial charge >= 0.3 is 0 Å². The van der Waals surface area contributed by atoms with E-state index in [0.29, 0.717) is 12.1 Å². The van der Waals surface area contributed by atoms with Crippen molar-refractivity contribution < 1.29 is 18.0 Å². The summed E-state index contributed by atoms with van der Waals surface area (Å²) in [6.07, 6.45) is 0. The molecule has 98 valence electrons. The molecule has 19 heavy (non-hydrogen) atoms. The van der Waals surface area contributed by atoms with E-state index in [-0.39, 0.29) is 16.5 Å². The lowest BCUT2D eigenvalue weighted by Crippen LogP contribution is -2.14. The molecule has 0 aliphatic carbocycles. The predicted molar refractivity (Wildman–Crippen MR) is 63.5 cm³/mol. The molecule has 0 aliphatic heterocycles. The van der Waals surface area contributed by atoms with Crippen LogP contribution in [-0.2, 0) is 0 Å². The van der Waals surface area contributed by atoms with Crippen LogP contribution in [0.25, 0.3) is 0 Å². The maximum absolute atomic E-state index is 13.0. The minimum atomic E-state index is -1.60. The summed E-state index contributed by atoms with van der Waals surface area (Å²) in [6.45, 7) is 0. The lowest BCUT2D eigenvalue weighted by Gasteiger charge is -2.06. The lowest BCUT2D eigenvalue weighted by atomic mass is 10.2. The normalized spacial score (nSPS) is 10.3. The number of benzene rings is 1. The maximum Gasteiger partial charge on any atom is 0.274 e. The Bertz CT molecular complexity index is 626. The Balaban J connectivity index is 2.24. The Morgan fingerprint density at radius 2 is 1.79 bits per heavy atom. The van der Waals surface area contributed by atoms with Gasteiger partial charge in [0.1, 0.15) is 10.8 Å². The van der Waals surface area contributed by atoms with Gasteiger partial charge in [0.15, 0.2) is 17.5 Å². The summed E-state index contributed by atoms with van der Waals surface area (Å²) in [5.41, 5.74) is -0.249. The number of hydrogen-bond donors (Lipinski definition) is 1. The molecule has 0 radical (unpaired) electrons. The largest absolute Gasteiger partial charge is 0.320 e. The van der Waals surface area contributed by atoms with Crippen molar-refractivity contribution in [2.75, 3.05) is 5.32 Å². The highest BCUT2D eigenvalue weighted by Gasteiger charge is 2.13. The van der Waals surface area contributed by atoms with Gasteiger partial charge in [-0.15, -0.1) is 0 Å². The Morgan fingerprint density at radius 3 is 2.37 bits per heavy atom. The number of rotatable bonds is 2. The molecular weight excluding hydrogens is 281 g/mol. The van der Waals surface area contributed by atoms with E-state index in [9.17, 15) is 18.0 Å². The van der Waals surface area contributed by atoms with E-state index < -0.39 is 23.4 Å². The first-order chi connectivity index (χ1) is 8.97. The van der Waals surface area contributed by atoms with E-state index in [1.54, 1.807) is 0 Å². The van der Waals surface area contributed by atoms with Gasteiger partial charge in [0.2, 0.25) is 0 Å². The molecule has 3 nitrogen and oxygen atoms in total. The lowest BCUT2D eigenvalue weighted by molar-refractivity contribution is 0.102. The minimum Gasteiger partial charge on any atom is -0.320 e. The molecule has 0 saturated heterocycles. The molecule has 0 bridgehead atoms. The summed E-state index contributed by atoms with van der Waals surface area (Å²) in [6, 6.07) is 5.67. The van der Waals surface area contributed by atoms with Crippen LogP contribution in [0.1, 0.15) is 10.5 Å². The van der Waals surface area contributed by atoms with Gasteiger partial charge in [-0.3, -0.25) is 4.79 Å². The SMILES string of the molecule is O=C(Nc1cc(F)c(F)c(F)c1)c1cccc(Cl)n1. The monoisotopic (exact) mass is 286 g/mol. The van der Waals surface area contributed by atoms with Crippen molar-refractivity contribution in [2.24, 2.45) is 0 Å². The highest BCUT2D eigenvalue weighted by Crippen LogP contribution is 2.18. The van der Waals surface area contributed by atoms with E-state index in [0.717, 1.165) is 0 Å². The fourth-order valence-electron chi connectivity index (χ4n) is 1.36. The van der Waals surface area contributed by atoms with E-state index in [1.165, 1.54) is 18.2 Å². The van der Waals surface area contributed by atoms with Crippen LogP contribution in [0.2, 0.25) is 5.15 Å². The highest BCUT2D eigenvalue weighted by molar-refractivity contribution is 6.29. The van der Waals surface area contributed by atoms with E-state index in [1.807, 2.05) is 0 Å². The van der Waals surface area contributed by atoms with Gasteiger partial charge in [-0.2, -0.15) is 0 Å². The van der Waals surface area contributed by atoms with E-state index in [4.69, 9.17) is 11.6 Å². The van der Waals surface area contributed by atoms with Gasteiger partial charge in [0.25, 0.3) is 5.91 Å². The zero-order valence-electron chi connectivity index (χ0n) is 9.25. The van der Waals surface area contributed by atoms with Crippen molar-refractivity contribution in [3.8, 4) is 0 Å². The zero-order chi connectivity index (χ0) is 14.0. The summed E-state index contributed by atoms with van der Waals surface area (Å²) in [5.74, 6) is -5.10. The van der Waals surface area contributed by atoms with Crippen LogP contribution in [0.15, 0.2) is 30.3 Å². The third kappa shape index (κ3) is 3.03. The number of pyridine rings is 1. The second-order valence-corrected chi connectivity index (χ2v) is 3.94. The van der Waals surface area contributed by atoms with Gasteiger partial charge in [0, 0.05) is 17.8 Å². The topological polar surface area (TPSA) is 42.0 Å². The molecule has 1 amide bonds. The molecule has 0 fully saturated rings. The molecule has 1 aromatic carbocycles. The van der Waals surface area contributed by atoms with Gasteiger partial charge < -0.3 is 5.32 Å². The summed E-state index contributed by atoms with van der Waals surface area (Å²) >= 11 is 5.60. The van der Waals surface area contributed by atoms with Crippen molar-refractivity contribution in [3.63, 3.8) is 0 Å². The third-order valence-electron chi connectivity index (χ3n) is 2.19. The summed E-state index contributed by atoms with van der Waals surface area (Å²) in [7, 11) is 0. The number of nitrogens with one attached hydrogen (secondary N) is 1. The summed E-state index contributed by atoms with van der Waals surface area (Å²) in [4.78, 5) is 15.4. The average Bonchev–Trinajstić information content (AvgIpc) is 2.36. The molecule has 0 aliphatic rings. The van der Waals surface area contributed by atoms with Crippen molar-refractivity contribution in [1.29, 1.82) is 0 Å². The van der Waals surface area contributed by atoms with Crippen LogP contribution in [0, 0.1) is 17.5 Å². The van der Waals surface area contributed by atoms with Crippen molar-refractivity contribution >= 4 is 23.2 Å². The molecule has 0 atom stereocenters. The first kappa shape index (κ1) is 13.4. The quantitative estimate of drug-likeness (QED) is 0.679. The smallest absolute Gasteiger partial charge is 0.274 e. The summed E-state index contributed by atoms with van der Waals surface area (Å²) < 4.78 is 38.6. The molecule has 1 N–H and O–H groups in total. The molecule has 2 aromatic rings. The van der Waals surface area contributed by atoms with E-state index >= 15 is 0 Å². The predicted octanol–water partition coefficient (Wildman–Crippen LogP) is 3.40. The number of aromatic nitrogens is 1. The van der Waals surface area contributed by atoms with Gasteiger partial charge in [0.05, 0.1) is 0 Å². The van der Waals surface area contributed by atoms with Crippen LogP contribution >= 0.6 is 11.6 Å². The Labute approximate surface area is 111 Å². The second kappa shape index (κ2) is 5.27. The fraction of sp³-hybridized carbons (Fsp3) is 0. The van der Waals surface area contributed by atoms with Crippen LogP contribution in [0.5, 0.6) is 0 Å². The molecule has 7 heteroatoms. The molecule has 2 rings (SSSR count). The molecule has 1 aromatic heterocycles. The molecule has 1 heterocycles. The Hall–Kier alpha value is -2.08. The highest BCUT2D eigenvalue weighted by atomic mass is 35.5. The first-order valence-electron chi connectivity index (χ1n) is 5.06. The maximum atomic E-state index is 13.0. The molecular formula is C12H6ClF3N2O. The van der Waals surface area contributed by atoms with Gasteiger partial charge in [-0.25, -0.2) is 18.2 Å². The van der Waals surface area contributed by atoms with E-state index in [2.05, 4.69) is 10.3 Å². The average molecular weight is 287 g/mol. The molecule has 0 spiro atoms. The Kier molecular flexibility index (Phi) is 3.71. The number of carbonyl (C=O) groups excluding carboxylic acids is 1. The zero-order valence-corrected chi connectivity index (χ0v) is 10.0. The first-order valence-corrected chi connectivity index (χ1v) is 5.43. The van der Waals surface area contributed by atoms with Crippen molar-refractivity contribution in [2.45, 2.75) is 0 Å². The van der Waals surface area contributed by atoms with Crippen LogP contribution in [0.3, 0.4) is 0 Å². The second-order valence-electron chi connectivity index (χ2n) is 3.55. The molecule has 0 saturated carbocycles. The minimum absolute atomic E-state index is 0.0300. The van der Waals surface area contributed by atoms with Crippen molar-refractivity contribution in [1.82, 2.24) is 4.98 Å². The number of amides is 1.